The average Bonchev–Trinajstić information content (AvgIpc) is 2.31. The van der Waals surface area contributed by atoms with Gasteiger partial charge >= 0.3 is 0 Å². The lowest BCUT2D eigenvalue weighted by molar-refractivity contribution is -0.0914. The number of benzene rings is 1. The third-order valence-corrected chi connectivity index (χ3v) is 2.17. The fourth-order valence-corrected chi connectivity index (χ4v) is 1.29. The lowest BCUT2D eigenvalue weighted by Gasteiger charge is -2.16. The number of aliphatic hydroxyl groups excluding tert-OH is 1. The maximum Gasteiger partial charge on any atom is 0.173 e. The molecule has 0 fully saturated rings. The van der Waals surface area contributed by atoms with Crippen molar-refractivity contribution >= 4 is 5.69 Å². The van der Waals surface area contributed by atoms with Crippen LogP contribution in [0.1, 0.15) is 5.56 Å². The van der Waals surface area contributed by atoms with Gasteiger partial charge in [-0.25, -0.2) is 0 Å². The number of hydrogen-bond donors (Lipinski definition) is 2. The number of para-hydroxylation sites is 1. The molecule has 0 saturated heterocycles. The molecule has 0 aliphatic rings. The van der Waals surface area contributed by atoms with Gasteiger partial charge in [-0.05, 0) is 6.07 Å². The molecule has 0 aliphatic carbocycles. The largest absolute Gasteiger partial charge is 0.392 e. The van der Waals surface area contributed by atoms with Crippen molar-refractivity contribution in [3.05, 3.63) is 29.8 Å². The number of methoxy groups -OCH3 is 2. The molecule has 0 spiro atoms. The van der Waals surface area contributed by atoms with Gasteiger partial charge in [-0.15, -0.1) is 0 Å². The smallest absolute Gasteiger partial charge is 0.173 e. The minimum atomic E-state index is -0.281. The van der Waals surface area contributed by atoms with Crippen molar-refractivity contribution in [2.75, 3.05) is 26.1 Å². The van der Waals surface area contributed by atoms with Crippen LogP contribution in [0.3, 0.4) is 0 Å². The molecule has 1 aromatic rings. The van der Waals surface area contributed by atoms with Crippen LogP contribution in [0.4, 0.5) is 5.69 Å². The van der Waals surface area contributed by atoms with E-state index in [-0.39, 0.29) is 12.9 Å². The summed E-state index contributed by atoms with van der Waals surface area (Å²) in [7, 11) is 3.18. The average molecular weight is 211 g/mol. The Labute approximate surface area is 89.8 Å². The summed E-state index contributed by atoms with van der Waals surface area (Å²) in [5, 5.41) is 12.3. The molecule has 4 heteroatoms. The second kappa shape index (κ2) is 6.40. The summed E-state index contributed by atoms with van der Waals surface area (Å²) in [6.07, 6.45) is -0.281. The number of aliphatic hydroxyl groups is 1. The Morgan fingerprint density at radius 2 is 1.93 bits per heavy atom. The number of nitrogens with one attached hydrogen (secondary N) is 1. The van der Waals surface area contributed by atoms with Crippen molar-refractivity contribution in [3.63, 3.8) is 0 Å². The Morgan fingerprint density at radius 3 is 2.53 bits per heavy atom. The summed E-state index contributed by atoms with van der Waals surface area (Å²) in [4.78, 5) is 0. The van der Waals surface area contributed by atoms with Crippen LogP contribution in [0.2, 0.25) is 0 Å². The molecule has 84 valence electrons. The van der Waals surface area contributed by atoms with Crippen LogP contribution in [0.5, 0.6) is 0 Å². The maximum atomic E-state index is 9.10. The van der Waals surface area contributed by atoms with Gasteiger partial charge in [-0.2, -0.15) is 0 Å². The highest BCUT2D eigenvalue weighted by Crippen LogP contribution is 2.14. The first-order chi connectivity index (χ1) is 7.31. The quantitative estimate of drug-likeness (QED) is 0.694. The zero-order chi connectivity index (χ0) is 11.1. The topological polar surface area (TPSA) is 50.7 Å². The van der Waals surface area contributed by atoms with Crippen molar-refractivity contribution in [3.8, 4) is 0 Å². The standard InChI is InChI=1S/C11H17NO3/c1-14-11(15-2)7-12-10-6-4-3-5-9(10)8-13/h3-6,11-13H,7-8H2,1-2H3. The van der Waals surface area contributed by atoms with Gasteiger partial charge in [-0.1, -0.05) is 18.2 Å². The molecular weight excluding hydrogens is 194 g/mol. The lowest BCUT2D eigenvalue weighted by Crippen LogP contribution is -2.24. The first-order valence-corrected chi connectivity index (χ1v) is 4.80. The number of hydrogen-bond acceptors (Lipinski definition) is 4. The Balaban J connectivity index is 2.56. The SMILES string of the molecule is COC(CNc1ccccc1CO)OC. The van der Waals surface area contributed by atoms with Crippen LogP contribution >= 0.6 is 0 Å². The van der Waals surface area contributed by atoms with Gasteiger partial charge in [0.25, 0.3) is 0 Å². The van der Waals surface area contributed by atoms with Crippen LogP contribution in [-0.4, -0.2) is 32.2 Å². The van der Waals surface area contributed by atoms with Gasteiger partial charge in [0.05, 0.1) is 13.2 Å². The molecule has 15 heavy (non-hydrogen) atoms. The third-order valence-electron chi connectivity index (χ3n) is 2.17. The van der Waals surface area contributed by atoms with Crippen molar-refractivity contribution in [1.82, 2.24) is 0 Å². The Hall–Kier alpha value is -1.10. The van der Waals surface area contributed by atoms with E-state index in [2.05, 4.69) is 5.32 Å². The molecule has 1 aromatic carbocycles. The summed E-state index contributed by atoms with van der Waals surface area (Å²) in [6.45, 7) is 0.567. The van der Waals surface area contributed by atoms with Crippen molar-refractivity contribution < 1.29 is 14.6 Å². The van der Waals surface area contributed by atoms with E-state index in [4.69, 9.17) is 14.6 Å². The first-order valence-electron chi connectivity index (χ1n) is 4.80. The molecule has 1 rings (SSSR count). The van der Waals surface area contributed by atoms with E-state index in [9.17, 15) is 0 Å². The zero-order valence-corrected chi connectivity index (χ0v) is 9.06. The molecule has 0 aliphatic heterocycles. The minimum absolute atomic E-state index is 0.0216. The zero-order valence-electron chi connectivity index (χ0n) is 9.06. The molecule has 0 unspecified atom stereocenters. The fraction of sp³-hybridized carbons (Fsp3) is 0.455. The summed E-state index contributed by atoms with van der Waals surface area (Å²) in [6, 6.07) is 7.59. The molecule has 0 amide bonds. The van der Waals surface area contributed by atoms with Gasteiger partial charge < -0.3 is 19.9 Å². The second-order valence-corrected chi connectivity index (χ2v) is 3.10. The first kappa shape index (κ1) is 12.0. The van der Waals surface area contributed by atoms with E-state index in [1.165, 1.54) is 0 Å². The van der Waals surface area contributed by atoms with E-state index in [0.717, 1.165) is 11.3 Å². The number of rotatable bonds is 6. The van der Waals surface area contributed by atoms with E-state index in [1.807, 2.05) is 24.3 Å². The number of anilines is 1. The summed E-state index contributed by atoms with van der Waals surface area (Å²) < 4.78 is 10.1. The summed E-state index contributed by atoms with van der Waals surface area (Å²) in [5.74, 6) is 0. The molecular formula is C11H17NO3. The predicted octanol–water partition coefficient (Wildman–Crippen LogP) is 1.21. The monoisotopic (exact) mass is 211 g/mol. The van der Waals surface area contributed by atoms with Crippen LogP contribution in [-0.2, 0) is 16.1 Å². The molecule has 0 atom stereocenters. The van der Waals surface area contributed by atoms with E-state index < -0.39 is 0 Å². The van der Waals surface area contributed by atoms with Gasteiger partial charge in [0, 0.05) is 25.5 Å². The molecule has 0 saturated carbocycles. The summed E-state index contributed by atoms with van der Waals surface area (Å²) >= 11 is 0. The minimum Gasteiger partial charge on any atom is -0.392 e. The number of ether oxygens (including phenoxy) is 2. The highest BCUT2D eigenvalue weighted by atomic mass is 16.7. The van der Waals surface area contributed by atoms with Gasteiger partial charge in [-0.3, -0.25) is 0 Å². The molecule has 0 radical (unpaired) electrons. The highest BCUT2D eigenvalue weighted by Gasteiger charge is 2.05. The highest BCUT2D eigenvalue weighted by molar-refractivity contribution is 5.50. The van der Waals surface area contributed by atoms with Crippen molar-refractivity contribution in [2.24, 2.45) is 0 Å². The molecule has 4 nitrogen and oxygen atoms in total. The van der Waals surface area contributed by atoms with E-state index >= 15 is 0 Å². The van der Waals surface area contributed by atoms with Crippen LogP contribution in [0.25, 0.3) is 0 Å². The molecule has 0 bridgehead atoms. The maximum absolute atomic E-state index is 9.10. The molecule has 0 heterocycles. The van der Waals surface area contributed by atoms with Gasteiger partial charge in [0.1, 0.15) is 0 Å². The Bertz CT molecular complexity index is 287. The predicted molar refractivity (Wildman–Crippen MR) is 58.7 cm³/mol. The molecule has 0 aromatic heterocycles. The van der Waals surface area contributed by atoms with E-state index in [1.54, 1.807) is 14.2 Å². The summed E-state index contributed by atoms with van der Waals surface area (Å²) in [5.41, 5.74) is 1.77. The van der Waals surface area contributed by atoms with Crippen LogP contribution in [0.15, 0.2) is 24.3 Å². The van der Waals surface area contributed by atoms with E-state index in [0.29, 0.717) is 6.54 Å². The third kappa shape index (κ3) is 3.51. The van der Waals surface area contributed by atoms with Crippen molar-refractivity contribution in [2.45, 2.75) is 12.9 Å². The van der Waals surface area contributed by atoms with Gasteiger partial charge in [0.15, 0.2) is 6.29 Å². The Morgan fingerprint density at radius 1 is 1.27 bits per heavy atom. The normalized spacial score (nSPS) is 10.7. The Kier molecular flexibility index (Phi) is 5.10. The van der Waals surface area contributed by atoms with Crippen molar-refractivity contribution in [1.29, 1.82) is 0 Å². The van der Waals surface area contributed by atoms with Crippen LogP contribution < -0.4 is 5.32 Å². The van der Waals surface area contributed by atoms with Crippen LogP contribution in [0, 0.1) is 0 Å². The lowest BCUT2D eigenvalue weighted by atomic mass is 10.2. The van der Waals surface area contributed by atoms with Gasteiger partial charge in [0.2, 0.25) is 0 Å². The fourth-order valence-electron chi connectivity index (χ4n) is 1.29. The second-order valence-electron chi connectivity index (χ2n) is 3.10. The molecule has 2 N–H and O–H groups in total.